The minimum atomic E-state index is -3.64. The van der Waals surface area contributed by atoms with Crippen molar-refractivity contribution in [1.29, 1.82) is 0 Å². The van der Waals surface area contributed by atoms with Gasteiger partial charge in [-0.3, -0.25) is 9.69 Å². The van der Waals surface area contributed by atoms with E-state index in [1.165, 1.54) is 12.1 Å². The molecule has 9 heteroatoms. The van der Waals surface area contributed by atoms with Crippen molar-refractivity contribution in [1.82, 2.24) is 9.80 Å². The second-order valence-corrected chi connectivity index (χ2v) is 6.54. The van der Waals surface area contributed by atoms with Crippen LogP contribution in [0.25, 0.3) is 0 Å². The number of amides is 2. The normalized spacial score (nSPS) is 23.5. The van der Waals surface area contributed by atoms with Gasteiger partial charge in [0.05, 0.1) is 12.6 Å². The van der Waals surface area contributed by atoms with E-state index in [1.54, 1.807) is 15.9 Å². The molecular weight excluding hydrogens is 350 g/mol. The summed E-state index contributed by atoms with van der Waals surface area (Å²) in [6, 6.07) is 4.53. The first-order valence-electron chi connectivity index (χ1n) is 8.51. The van der Waals surface area contributed by atoms with Crippen LogP contribution in [0.15, 0.2) is 18.2 Å². The molecule has 0 N–H and O–H groups in total. The number of nitrogens with zero attached hydrogens (tertiary/aromatic N) is 2. The number of aryl methyl sites for hydroxylation is 1. The molecule has 2 fully saturated rings. The number of fused-ring (bicyclic) bond motifs is 1. The van der Waals surface area contributed by atoms with Crippen LogP contribution in [0.4, 0.5) is 13.6 Å². The highest BCUT2D eigenvalue weighted by atomic mass is 19.3. The maximum atomic E-state index is 13.0. The molecule has 3 aliphatic rings. The van der Waals surface area contributed by atoms with E-state index >= 15 is 0 Å². The number of benzene rings is 1. The largest absolute Gasteiger partial charge is 0.586 e. The van der Waals surface area contributed by atoms with Gasteiger partial charge in [0.15, 0.2) is 11.5 Å². The van der Waals surface area contributed by atoms with Gasteiger partial charge in [-0.15, -0.1) is 8.78 Å². The first-order chi connectivity index (χ1) is 12.4. The summed E-state index contributed by atoms with van der Waals surface area (Å²) in [5.41, 5.74) is 0.720. The topological polar surface area (TPSA) is 68.3 Å². The molecule has 0 bridgehead atoms. The molecule has 4 rings (SSSR count). The average molecular weight is 368 g/mol. The fourth-order valence-electron chi connectivity index (χ4n) is 3.52. The Labute approximate surface area is 148 Å². The maximum absolute atomic E-state index is 13.0. The fraction of sp³-hybridized carbons (Fsp3) is 0.529. The lowest BCUT2D eigenvalue weighted by Gasteiger charge is -2.21. The van der Waals surface area contributed by atoms with Crippen molar-refractivity contribution in [3.05, 3.63) is 23.8 Å². The summed E-state index contributed by atoms with van der Waals surface area (Å²) in [7, 11) is 0. The number of rotatable bonds is 4. The molecule has 0 saturated carbocycles. The molecule has 1 aromatic carbocycles. The van der Waals surface area contributed by atoms with Gasteiger partial charge < -0.3 is 19.1 Å². The van der Waals surface area contributed by atoms with Crippen LogP contribution in [0.2, 0.25) is 0 Å². The summed E-state index contributed by atoms with van der Waals surface area (Å²) in [6.07, 6.45) is -2.56. The number of carbonyl (C=O) groups excluding carboxylic acids is 2. The van der Waals surface area contributed by atoms with Gasteiger partial charge in [-0.1, -0.05) is 6.07 Å². The highest BCUT2D eigenvalue weighted by Crippen LogP contribution is 2.41. The molecule has 140 valence electrons. The molecule has 7 nitrogen and oxygen atoms in total. The highest BCUT2D eigenvalue weighted by Gasteiger charge is 2.43. The van der Waals surface area contributed by atoms with Crippen LogP contribution in [-0.2, 0) is 16.0 Å². The number of hydrogen-bond donors (Lipinski definition) is 0. The van der Waals surface area contributed by atoms with Crippen molar-refractivity contribution in [2.24, 2.45) is 0 Å². The SMILES string of the molecule is O=C(CCc1ccc2c(c1)OC(F)(F)O2)N1CCC(N2CCOC2=O)C1. The van der Waals surface area contributed by atoms with Crippen LogP contribution < -0.4 is 9.47 Å². The van der Waals surface area contributed by atoms with E-state index < -0.39 is 6.29 Å². The molecule has 3 heterocycles. The third-order valence-corrected chi connectivity index (χ3v) is 4.84. The van der Waals surface area contributed by atoms with Gasteiger partial charge in [-0.05, 0) is 30.5 Å². The first kappa shape index (κ1) is 16.9. The van der Waals surface area contributed by atoms with Crippen LogP contribution in [0.5, 0.6) is 11.5 Å². The number of hydrogen-bond acceptors (Lipinski definition) is 5. The molecule has 1 aromatic rings. The molecule has 1 unspecified atom stereocenters. The standard InChI is InChI=1S/C17H18F2N2O5/c18-17(19)25-13-3-1-11(9-14(13)26-17)2-4-15(22)20-6-5-12(10-20)21-7-8-24-16(21)23/h1,3,9,12H,2,4-8,10H2. The summed E-state index contributed by atoms with van der Waals surface area (Å²) >= 11 is 0. The third-order valence-electron chi connectivity index (χ3n) is 4.84. The van der Waals surface area contributed by atoms with Gasteiger partial charge in [0.1, 0.15) is 6.61 Å². The van der Waals surface area contributed by atoms with Gasteiger partial charge in [0.25, 0.3) is 0 Å². The molecule has 3 aliphatic heterocycles. The Balaban J connectivity index is 1.30. The Kier molecular flexibility index (Phi) is 4.08. The average Bonchev–Trinajstić information content (AvgIpc) is 3.28. The van der Waals surface area contributed by atoms with Gasteiger partial charge >= 0.3 is 12.4 Å². The van der Waals surface area contributed by atoms with E-state index in [-0.39, 0.29) is 36.0 Å². The van der Waals surface area contributed by atoms with Crippen molar-refractivity contribution in [3.8, 4) is 11.5 Å². The minimum Gasteiger partial charge on any atom is -0.448 e. The molecule has 26 heavy (non-hydrogen) atoms. The van der Waals surface area contributed by atoms with E-state index in [2.05, 4.69) is 9.47 Å². The number of carbonyl (C=O) groups is 2. The molecule has 2 amide bonds. The Morgan fingerprint density at radius 1 is 1.23 bits per heavy atom. The Morgan fingerprint density at radius 3 is 2.81 bits per heavy atom. The first-order valence-corrected chi connectivity index (χ1v) is 8.51. The third kappa shape index (κ3) is 3.25. The smallest absolute Gasteiger partial charge is 0.448 e. The zero-order chi connectivity index (χ0) is 18.3. The van der Waals surface area contributed by atoms with E-state index in [1.807, 2.05) is 0 Å². The van der Waals surface area contributed by atoms with Gasteiger partial charge in [-0.25, -0.2) is 4.79 Å². The lowest BCUT2D eigenvalue weighted by molar-refractivity contribution is -0.286. The molecule has 1 atom stereocenters. The van der Waals surface area contributed by atoms with Crippen LogP contribution in [0.1, 0.15) is 18.4 Å². The Morgan fingerprint density at radius 2 is 2.04 bits per heavy atom. The van der Waals surface area contributed by atoms with Crippen molar-refractivity contribution >= 4 is 12.0 Å². The van der Waals surface area contributed by atoms with Crippen molar-refractivity contribution in [3.63, 3.8) is 0 Å². The number of ether oxygens (including phenoxy) is 3. The van der Waals surface area contributed by atoms with Crippen LogP contribution in [0.3, 0.4) is 0 Å². The minimum absolute atomic E-state index is 0.00160. The molecule has 0 aliphatic carbocycles. The predicted molar refractivity (Wildman–Crippen MR) is 84.0 cm³/mol. The van der Waals surface area contributed by atoms with Crippen LogP contribution in [0, 0.1) is 0 Å². The molecule has 2 saturated heterocycles. The number of cyclic esters (lactones) is 1. The quantitative estimate of drug-likeness (QED) is 0.813. The molecule has 0 radical (unpaired) electrons. The zero-order valence-electron chi connectivity index (χ0n) is 14.0. The number of alkyl halides is 2. The lowest BCUT2D eigenvalue weighted by atomic mass is 10.1. The second-order valence-electron chi connectivity index (χ2n) is 6.54. The molecule has 0 spiro atoms. The maximum Gasteiger partial charge on any atom is 0.586 e. The van der Waals surface area contributed by atoms with Crippen LogP contribution >= 0.6 is 0 Å². The molecule has 0 aromatic heterocycles. The van der Waals surface area contributed by atoms with Crippen molar-refractivity contribution in [2.75, 3.05) is 26.2 Å². The van der Waals surface area contributed by atoms with Crippen LogP contribution in [-0.4, -0.2) is 60.4 Å². The monoisotopic (exact) mass is 368 g/mol. The fourth-order valence-corrected chi connectivity index (χ4v) is 3.52. The summed E-state index contributed by atoms with van der Waals surface area (Å²) in [4.78, 5) is 27.4. The van der Waals surface area contributed by atoms with Crippen molar-refractivity contribution in [2.45, 2.75) is 31.6 Å². The Hall–Kier alpha value is -2.58. The van der Waals surface area contributed by atoms with Gasteiger partial charge in [0.2, 0.25) is 5.91 Å². The zero-order valence-corrected chi connectivity index (χ0v) is 14.0. The second kappa shape index (κ2) is 6.30. The number of halogens is 2. The number of likely N-dealkylation sites (tertiary alicyclic amines) is 1. The van der Waals surface area contributed by atoms with Gasteiger partial charge in [0, 0.05) is 19.5 Å². The molecular formula is C17H18F2N2O5. The summed E-state index contributed by atoms with van der Waals surface area (Å²) in [5, 5.41) is 0. The van der Waals surface area contributed by atoms with E-state index in [4.69, 9.17) is 4.74 Å². The lowest BCUT2D eigenvalue weighted by Crippen LogP contribution is -2.39. The van der Waals surface area contributed by atoms with E-state index in [0.29, 0.717) is 32.7 Å². The van der Waals surface area contributed by atoms with E-state index in [9.17, 15) is 18.4 Å². The summed E-state index contributed by atoms with van der Waals surface area (Å²) in [6.45, 7) is 2.06. The van der Waals surface area contributed by atoms with Gasteiger partial charge in [-0.2, -0.15) is 0 Å². The predicted octanol–water partition coefficient (Wildman–Crippen LogP) is 1.99. The van der Waals surface area contributed by atoms with Crippen molar-refractivity contribution < 1.29 is 32.6 Å². The summed E-state index contributed by atoms with van der Waals surface area (Å²) < 4.78 is 39.8. The van der Waals surface area contributed by atoms with E-state index in [0.717, 1.165) is 12.0 Å². The summed E-state index contributed by atoms with van der Waals surface area (Å²) in [5.74, 6) is -0.0539. The Bertz CT molecular complexity index is 742. The highest BCUT2D eigenvalue weighted by molar-refractivity contribution is 5.77.